The molecule has 0 amide bonds. The summed E-state index contributed by atoms with van der Waals surface area (Å²) >= 11 is 0. The summed E-state index contributed by atoms with van der Waals surface area (Å²) in [4.78, 5) is 0. The average Bonchev–Trinajstić information content (AvgIpc) is 2.64. The Kier molecular flexibility index (Phi) is 2.71. The molecule has 0 saturated carbocycles. The number of benzene rings is 1. The third kappa shape index (κ3) is 1.81. The van der Waals surface area contributed by atoms with E-state index in [4.69, 9.17) is 15.7 Å². The van der Waals surface area contributed by atoms with Gasteiger partial charge in [-0.05, 0) is 19.1 Å². The van der Waals surface area contributed by atoms with Crippen molar-refractivity contribution >= 4 is 5.82 Å². The normalized spacial score (nSPS) is 9.94. The molecule has 5 nitrogen and oxygen atoms in total. The number of aryl methyl sites for hydroxylation is 1. The molecular formula is C12H12N4O. The first-order valence-corrected chi connectivity index (χ1v) is 5.07. The Balaban J connectivity index is 2.57. The predicted molar refractivity (Wildman–Crippen MR) is 64.0 cm³/mol. The highest BCUT2D eigenvalue weighted by molar-refractivity contribution is 5.56. The highest BCUT2D eigenvalue weighted by Crippen LogP contribution is 2.22. The van der Waals surface area contributed by atoms with E-state index in [0.717, 1.165) is 5.69 Å². The van der Waals surface area contributed by atoms with Gasteiger partial charge in [-0.3, -0.25) is 0 Å². The van der Waals surface area contributed by atoms with Crippen LogP contribution in [0.15, 0.2) is 24.3 Å². The molecule has 0 fully saturated rings. The van der Waals surface area contributed by atoms with Gasteiger partial charge >= 0.3 is 0 Å². The summed E-state index contributed by atoms with van der Waals surface area (Å²) in [5.74, 6) is 1.06. The Morgan fingerprint density at radius 1 is 1.47 bits per heavy atom. The molecule has 17 heavy (non-hydrogen) atoms. The van der Waals surface area contributed by atoms with Crippen LogP contribution >= 0.6 is 0 Å². The van der Waals surface area contributed by atoms with Crippen LogP contribution in [0.5, 0.6) is 5.75 Å². The quantitative estimate of drug-likeness (QED) is 0.847. The molecule has 0 saturated heterocycles. The van der Waals surface area contributed by atoms with Crippen LogP contribution in [-0.4, -0.2) is 16.9 Å². The fourth-order valence-electron chi connectivity index (χ4n) is 1.62. The summed E-state index contributed by atoms with van der Waals surface area (Å²) in [6.07, 6.45) is 0. The molecule has 2 N–H and O–H groups in total. The lowest BCUT2D eigenvalue weighted by Gasteiger charge is -2.05. The topological polar surface area (TPSA) is 76.9 Å². The molecular weight excluding hydrogens is 216 g/mol. The van der Waals surface area contributed by atoms with Crippen LogP contribution in [0.25, 0.3) is 5.69 Å². The second-order valence-corrected chi connectivity index (χ2v) is 3.57. The van der Waals surface area contributed by atoms with E-state index < -0.39 is 0 Å². The first-order valence-electron chi connectivity index (χ1n) is 5.07. The van der Waals surface area contributed by atoms with Gasteiger partial charge in [0.25, 0.3) is 0 Å². The standard InChI is InChI=1S/C12H12N4O/c1-8-11(7-13)12(14)16(15-8)9-4-3-5-10(6-9)17-2/h3-6H,14H2,1-2H3. The number of hydrogen-bond donors (Lipinski definition) is 1. The Morgan fingerprint density at radius 2 is 2.24 bits per heavy atom. The Hall–Kier alpha value is -2.48. The monoisotopic (exact) mass is 228 g/mol. The molecule has 86 valence electrons. The molecule has 0 bridgehead atoms. The highest BCUT2D eigenvalue weighted by Gasteiger charge is 2.13. The lowest BCUT2D eigenvalue weighted by atomic mass is 10.2. The van der Waals surface area contributed by atoms with E-state index in [2.05, 4.69) is 5.10 Å². The minimum Gasteiger partial charge on any atom is -0.497 e. The van der Waals surface area contributed by atoms with Crippen molar-refractivity contribution in [3.8, 4) is 17.5 Å². The molecule has 1 aromatic heterocycles. The van der Waals surface area contributed by atoms with Gasteiger partial charge in [0.1, 0.15) is 23.2 Å². The van der Waals surface area contributed by atoms with Gasteiger partial charge in [0.15, 0.2) is 0 Å². The molecule has 2 aromatic rings. The summed E-state index contributed by atoms with van der Waals surface area (Å²) in [6, 6.07) is 9.38. The first-order chi connectivity index (χ1) is 8.17. The molecule has 0 unspecified atom stereocenters. The maximum Gasteiger partial charge on any atom is 0.145 e. The number of anilines is 1. The number of methoxy groups -OCH3 is 1. The zero-order chi connectivity index (χ0) is 12.4. The Labute approximate surface area is 99.0 Å². The number of hydrogen-bond acceptors (Lipinski definition) is 4. The van der Waals surface area contributed by atoms with Gasteiger partial charge in [0, 0.05) is 6.07 Å². The minimum atomic E-state index is 0.346. The molecule has 0 radical (unpaired) electrons. The highest BCUT2D eigenvalue weighted by atomic mass is 16.5. The van der Waals surface area contributed by atoms with Crippen molar-refractivity contribution in [2.75, 3.05) is 12.8 Å². The lowest BCUT2D eigenvalue weighted by Crippen LogP contribution is -2.02. The van der Waals surface area contributed by atoms with Gasteiger partial charge in [-0.1, -0.05) is 6.07 Å². The number of nitrogens with two attached hydrogens (primary N) is 1. The van der Waals surface area contributed by atoms with Crippen molar-refractivity contribution in [3.63, 3.8) is 0 Å². The van der Waals surface area contributed by atoms with Crippen LogP contribution in [0.3, 0.4) is 0 Å². The van der Waals surface area contributed by atoms with Crippen molar-refractivity contribution < 1.29 is 4.74 Å². The fourth-order valence-corrected chi connectivity index (χ4v) is 1.62. The molecule has 0 aliphatic carbocycles. The van der Waals surface area contributed by atoms with E-state index in [9.17, 15) is 0 Å². The zero-order valence-electron chi connectivity index (χ0n) is 9.64. The molecule has 0 aliphatic rings. The summed E-state index contributed by atoms with van der Waals surface area (Å²) < 4.78 is 6.67. The third-order valence-electron chi connectivity index (χ3n) is 2.51. The summed E-state index contributed by atoms with van der Waals surface area (Å²) in [5, 5.41) is 13.2. The zero-order valence-corrected chi connectivity index (χ0v) is 9.64. The maximum absolute atomic E-state index is 8.95. The average molecular weight is 228 g/mol. The van der Waals surface area contributed by atoms with Gasteiger partial charge in [-0.25, -0.2) is 4.68 Å². The van der Waals surface area contributed by atoms with E-state index in [1.165, 1.54) is 4.68 Å². The number of nitrogens with zero attached hydrogens (tertiary/aromatic N) is 3. The summed E-state index contributed by atoms with van der Waals surface area (Å²) in [6.45, 7) is 1.76. The summed E-state index contributed by atoms with van der Waals surface area (Å²) in [5.41, 5.74) is 7.67. The van der Waals surface area contributed by atoms with E-state index in [1.807, 2.05) is 30.3 Å². The molecule has 5 heteroatoms. The van der Waals surface area contributed by atoms with E-state index in [-0.39, 0.29) is 0 Å². The van der Waals surface area contributed by atoms with Gasteiger partial charge in [0.05, 0.1) is 18.5 Å². The number of nitriles is 1. The fraction of sp³-hybridized carbons (Fsp3) is 0.167. The molecule has 0 spiro atoms. The molecule has 1 heterocycles. The van der Waals surface area contributed by atoms with Crippen LogP contribution in [0.2, 0.25) is 0 Å². The lowest BCUT2D eigenvalue weighted by molar-refractivity contribution is 0.414. The number of ether oxygens (including phenoxy) is 1. The minimum absolute atomic E-state index is 0.346. The van der Waals surface area contributed by atoms with E-state index in [0.29, 0.717) is 22.8 Å². The molecule has 0 atom stereocenters. The van der Waals surface area contributed by atoms with Gasteiger partial charge < -0.3 is 10.5 Å². The largest absolute Gasteiger partial charge is 0.497 e. The third-order valence-corrected chi connectivity index (χ3v) is 2.51. The van der Waals surface area contributed by atoms with E-state index in [1.54, 1.807) is 14.0 Å². The van der Waals surface area contributed by atoms with Gasteiger partial charge in [-0.2, -0.15) is 10.4 Å². The van der Waals surface area contributed by atoms with Crippen molar-refractivity contribution in [1.82, 2.24) is 9.78 Å². The molecule has 0 aliphatic heterocycles. The van der Waals surface area contributed by atoms with Crippen molar-refractivity contribution in [1.29, 1.82) is 5.26 Å². The molecule has 1 aromatic carbocycles. The predicted octanol–water partition coefficient (Wildman–Crippen LogP) is 1.64. The van der Waals surface area contributed by atoms with Gasteiger partial charge in [0.2, 0.25) is 0 Å². The number of rotatable bonds is 2. The van der Waals surface area contributed by atoms with Crippen molar-refractivity contribution in [2.45, 2.75) is 6.92 Å². The second-order valence-electron chi connectivity index (χ2n) is 3.57. The van der Waals surface area contributed by atoms with Crippen molar-refractivity contribution in [2.24, 2.45) is 0 Å². The van der Waals surface area contributed by atoms with Crippen LogP contribution in [0, 0.1) is 18.3 Å². The summed E-state index contributed by atoms with van der Waals surface area (Å²) in [7, 11) is 1.59. The van der Waals surface area contributed by atoms with Crippen molar-refractivity contribution in [3.05, 3.63) is 35.5 Å². The smallest absolute Gasteiger partial charge is 0.145 e. The van der Waals surface area contributed by atoms with Gasteiger partial charge in [-0.15, -0.1) is 0 Å². The van der Waals surface area contributed by atoms with Crippen LogP contribution in [-0.2, 0) is 0 Å². The van der Waals surface area contributed by atoms with Crippen LogP contribution in [0.1, 0.15) is 11.3 Å². The second kappa shape index (κ2) is 4.18. The molecule has 2 rings (SSSR count). The van der Waals surface area contributed by atoms with Crippen LogP contribution in [0.4, 0.5) is 5.82 Å². The van der Waals surface area contributed by atoms with E-state index >= 15 is 0 Å². The maximum atomic E-state index is 8.95. The SMILES string of the molecule is COc1cccc(-n2nc(C)c(C#N)c2N)c1. The Morgan fingerprint density at radius 3 is 2.82 bits per heavy atom. The number of nitrogen functional groups attached to an aromatic ring is 1. The van der Waals surface area contributed by atoms with Crippen LogP contribution < -0.4 is 10.5 Å². The number of aromatic nitrogens is 2. The first kappa shape index (κ1) is 11.0. The Bertz CT molecular complexity index is 595.